The number of benzene rings is 3. The number of carbonyl (C=O) groups excluding carboxylic acids is 1. The topological polar surface area (TPSA) is 72.8 Å². The minimum Gasteiger partial charge on any atom is -0.497 e. The van der Waals surface area contributed by atoms with E-state index in [-0.39, 0.29) is 5.91 Å². The third kappa shape index (κ3) is 4.54. The molecule has 5 rings (SSSR count). The van der Waals surface area contributed by atoms with Crippen LogP contribution in [0.3, 0.4) is 0 Å². The predicted molar refractivity (Wildman–Crippen MR) is 137 cm³/mol. The second kappa shape index (κ2) is 10.2. The van der Waals surface area contributed by atoms with Crippen molar-refractivity contribution >= 4 is 17.4 Å². The average molecular weight is 488 g/mol. The molecule has 1 amide bonds. The Kier molecular flexibility index (Phi) is 6.66. The first-order chi connectivity index (χ1) is 17.6. The molecule has 2 aliphatic rings. The zero-order valence-corrected chi connectivity index (χ0v) is 20.7. The van der Waals surface area contributed by atoms with Gasteiger partial charge >= 0.3 is 0 Å². The van der Waals surface area contributed by atoms with E-state index in [0.717, 1.165) is 41.6 Å². The van der Waals surface area contributed by atoms with Crippen molar-refractivity contribution in [3.63, 3.8) is 0 Å². The Labute approximate surface area is 210 Å². The summed E-state index contributed by atoms with van der Waals surface area (Å²) < 4.78 is 22.4. The van der Waals surface area contributed by atoms with E-state index < -0.39 is 0 Å². The van der Waals surface area contributed by atoms with Gasteiger partial charge in [0.25, 0.3) is 5.91 Å². The Morgan fingerprint density at radius 1 is 0.833 bits per heavy atom. The third-order valence-corrected chi connectivity index (χ3v) is 6.45. The summed E-state index contributed by atoms with van der Waals surface area (Å²) >= 11 is 0. The minimum atomic E-state index is -0.0312. The summed E-state index contributed by atoms with van der Waals surface area (Å²) in [6, 6.07) is 18.8. The van der Waals surface area contributed by atoms with Gasteiger partial charge in [0.2, 0.25) is 0 Å². The molecule has 2 heterocycles. The van der Waals surface area contributed by atoms with Crippen LogP contribution in [0.1, 0.15) is 22.3 Å². The van der Waals surface area contributed by atoms with Gasteiger partial charge in [-0.25, -0.2) is 4.99 Å². The van der Waals surface area contributed by atoms with Crippen LogP contribution in [0, 0.1) is 0 Å². The van der Waals surface area contributed by atoms with E-state index in [0.29, 0.717) is 42.4 Å². The molecular formula is C28H29N3O5. The van der Waals surface area contributed by atoms with Crippen LogP contribution in [0.2, 0.25) is 0 Å². The monoisotopic (exact) mass is 487 g/mol. The number of amides is 1. The second-order valence-electron chi connectivity index (χ2n) is 8.57. The standard InChI is InChI=1S/C28H29N3O5/c1-33-20-10-12-23-21(18-20)27(29-22-7-4-5-8-24(22)36-23)30-13-6-14-31(16-15-30)28(32)19-9-11-25(34-2)26(17-19)35-3/h4-5,7-12,17-18H,6,13-16H2,1-3H3. The Bertz CT molecular complexity index is 1310. The molecule has 8 nitrogen and oxygen atoms in total. The van der Waals surface area contributed by atoms with Gasteiger partial charge in [-0.15, -0.1) is 0 Å². The van der Waals surface area contributed by atoms with Gasteiger partial charge < -0.3 is 28.7 Å². The van der Waals surface area contributed by atoms with E-state index in [1.54, 1.807) is 39.5 Å². The molecule has 0 aliphatic carbocycles. The molecule has 2 aliphatic heterocycles. The van der Waals surface area contributed by atoms with Gasteiger partial charge in [-0.05, 0) is 55.0 Å². The Morgan fingerprint density at radius 2 is 1.67 bits per heavy atom. The lowest BCUT2D eigenvalue weighted by Gasteiger charge is -2.25. The predicted octanol–water partition coefficient (Wildman–Crippen LogP) is 4.74. The largest absolute Gasteiger partial charge is 0.497 e. The zero-order chi connectivity index (χ0) is 25.1. The van der Waals surface area contributed by atoms with Crippen LogP contribution in [0.5, 0.6) is 28.7 Å². The minimum absolute atomic E-state index is 0.0312. The fourth-order valence-corrected chi connectivity index (χ4v) is 4.55. The van der Waals surface area contributed by atoms with Crippen molar-refractivity contribution in [1.29, 1.82) is 0 Å². The smallest absolute Gasteiger partial charge is 0.254 e. The van der Waals surface area contributed by atoms with Crippen molar-refractivity contribution in [2.45, 2.75) is 6.42 Å². The summed E-state index contributed by atoms with van der Waals surface area (Å²) in [5, 5.41) is 0. The first-order valence-electron chi connectivity index (χ1n) is 11.9. The molecule has 0 saturated carbocycles. The summed E-state index contributed by atoms with van der Waals surface area (Å²) in [7, 11) is 4.79. The molecule has 36 heavy (non-hydrogen) atoms. The molecule has 0 unspecified atom stereocenters. The van der Waals surface area contributed by atoms with Crippen LogP contribution < -0.4 is 18.9 Å². The zero-order valence-electron chi connectivity index (χ0n) is 20.7. The average Bonchev–Trinajstić information content (AvgIpc) is 3.26. The SMILES string of the molecule is COc1ccc2c(c1)C(N1CCCN(C(=O)c3ccc(OC)c(OC)c3)CC1)=Nc1ccccc1O2. The molecule has 8 heteroatoms. The molecule has 3 aromatic carbocycles. The molecule has 186 valence electrons. The van der Waals surface area contributed by atoms with Crippen molar-refractivity contribution in [3.8, 4) is 28.7 Å². The second-order valence-corrected chi connectivity index (χ2v) is 8.57. The first kappa shape index (κ1) is 23.5. The van der Waals surface area contributed by atoms with Crippen LogP contribution in [-0.4, -0.2) is 69.1 Å². The van der Waals surface area contributed by atoms with Gasteiger partial charge in [0.05, 0.1) is 26.9 Å². The van der Waals surface area contributed by atoms with E-state index in [1.807, 2.05) is 47.4 Å². The highest BCUT2D eigenvalue weighted by Gasteiger charge is 2.27. The molecule has 0 N–H and O–H groups in total. The summed E-state index contributed by atoms with van der Waals surface area (Å²) in [5.41, 5.74) is 2.21. The van der Waals surface area contributed by atoms with Crippen LogP contribution in [0.4, 0.5) is 5.69 Å². The van der Waals surface area contributed by atoms with Crippen molar-refractivity contribution in [2.75, 3.05) is 47.5 Å². The Hall–Kier alpha value is -4.20. The third-order valence-electron chi connectivity index (χ3n) is 6.45. The van der Waals surface area contributed by atoms with Gasteiger partial charge in [-0.1, -0.05) is 12.1 Å². The quantitative estimate of drug-likeness (QED) is 0.529. The fourth-order valence-electron chi connectivity index (χ4n) is 4.55. The van der Waals surface area contributed by atoms with Crippen LogP contribution in [0.25, 0.3) is 0 Å². The number of aliphatic imine (C=N–C) groups is 1. The lowest BCUT2D eigenvalue weighted by molar-refractivity contribution is 0.0763. The number of ether oxygens (including phenoxy) is 4. The summed E-state index contributed by atoms with van der Waals surface area (Å²) in [6.07, 6.45) is 0.805. The fraction of sp³-hybridized carbons (Fsp3) is 0.286. The molecule has 0 aromatic heterocycles. The van der Waals surface area contributed by atoms with Crippen molar-refractivity contribution in [2.24, 2.45) is 4.99 Å². The van der Waals surface area contributed by atoms with E-state index in [1.165, 1.54) is 0 Å². The molecule has 0 radical (unpaired) electrons. The maximum atomic E-state index is 13.3. The number of methoxy groups -OCH3 is 3. The van der Waals surface area contributed by atoms with Crippen LogP contribution >= 0.6 is 0 Å². The normalized spacial score (nSPS) is 14.9. The molecule has 0 atom stereocenters. The number of hydrogen-bond donors (Lipinski definition) is 0. The molecule has 1 fully saturated rings. The van der Waals surface area contributed by atoms with Crippen LogP contribution in [-0.2, 0) is 0 Å². The number of fused-ring (bicyclic) bond motifs is 2. The molecule has 1 saturated heterocycles. The highest BCUT2D eigenvalue weighted by atomic mass is 16.5. The van der Waals surface area contributed by atoms with Crippen molar-refractivity contribution in [3.05, 3.63) is 71.8 Å². The molecule has 3 aromatic rings. The van der Waals surface area contributed by atoms with E-state index >= 15 is 0 Å². The highest BCUT2D eigenvalue weighted by molar-refractivity contribution is 6.04. The number of hydrogen-bond acceptors (Lipinski definition) is 7. The number of amidine groups is 1. The van der Waals surface area contributed by atoms with Gasteiger partial charge in [-0.3, -0.25) is 4.79 Å². The van der Waals surface area contributed by atoms with Gasteiger partial charge in [0.1, 0.15) is 23.0 Å². The van der Waals surface area contributed by atoms with Gasteiger partial charge in [0.15, 0.2) is 17.2 Å². The van der Waals surface area contributed by atoms with E-state index in [4.69, 9.17) is 23.9 Å². The van der Waals surface area contributed by atoms with Crippen molar-refractivity contribution < 1.29 is 23.7 Å². The number of rotatable bonds is 4. The first-order valence-corrected chi connectivity index (χ1v) is 11.9. The lowest BCUT2D eigenvalue weighted by Crippen LogP contribution is -2.37. The van der Waals surface area contributed by atoms with Crippen LogP contribution in [0.15, 0.2) is 65.7 Å². The summed E-state index contributed by atoms with van der Waals surface area (Å²) in [5.74, 6) is 4.08. The highest BCUT2D eigenvalue weighted by Crippen LogP contribution is 2.39. The molecule has 0 bridgehead atoms. The lowest BCUT2D eigenvalue weighted by atomic mass is 10.1. The molecular weight excluding hydrogens is 458 g/mol. The Morgan fingerprint density at radius 3 is 2.47 bits per heavy atom. The Balaban J connectivity index is 1.42. The van der Waals surface area contributed by atoms with Gasteiger partial charge in [-0.2, -0.15) is 0 Å². The summed E-state index contributed by atoms with van der Waals surface area (Å²) in [6.45, 7) is 2.60. The number of carbonyl (C=O) groups is 1. The van der Waals surface area contributed by atoms with Crippen molar-refractivity contribution in [1.82, 2.24) is 9.80 Å². The number of nitrogens with zero attached hydrogens (tertiary/aromatic N) is 3. The summed E-state index contributed by atoms with van der Waals surface area (Å²) in [4.78, 5) is 22.5. The van der Waals surface area contributed by atoms with E-state index in [9.17, 15) is 4.79 Å². The van der Waals surface area contributed by atoms with E-state index in [2.05, 4.69) is 4.90 Å². The number of para-hydroxylation sites is 2. The van der Waals surface area contributed by atoms with Gasteiger partial charge in [0, 0.05) is 31.7 Å². The maximum Gasteiger partial charge on any atom is 0.254 e. The maximum absolute atomic E-state index is 13.3. The molecule has 0 spiro atoms.